The summed E-state index contributed by atoms with van der Waals surface area (Å²) in [6.45, 7) is 8.16. The molecule has 2 aromatic heterocycles. The van der Waals surface area contributed by atoms with Crippen molar-refractivity contribution in [2.45, 2.75) is 33.1 Å². The molecule has 3 aromatic rings. The van der Waals surface area contributed by atoms with Crippen molar-refractivity contribution in [1.82, 2.24) is 9.61 Å². The number of anilines is 2. The van der Waals surface area contributed by atoms with Gasteiger partial charge in [0.2, 0.25) is 0 Å². The van der Waals surface area contributed by atoms with Crippen LogP contribution in [0, 0.1) is 18.3 Å². The number of hydrogen-bond donors (Lipinski definition) is 2. The first-order chi connectivity index (χ1) is 12.2. The molecule has 0 bridgehead atoms. The second-order valence-corrected chi connectivity index (χ2v) is 7.26. The highest BCUT2D eigenvalue weighted by atomic mass is 16.4. The maximum Gasteiger partial charge on any atom is 0.337 e. The Morgan fingerprint density at radius 2 is 1.92 bits per heavy atom. The molecule has 0 saturated heterocycles. The molecule has 1 aromatic carbocycles. The molecule has 0 aliphatic heterocycles. The second-order valence-electron chi connectivity index (χ2n) is 7.26. The van der Waals surface area contributed by atoms with Crippen LogP contribution in [-0.2, 0) is 5.41 Å². The maximum absolute atomic E-state index is 11.4. The first-order valence-corrected chi connectivity index (χ1v) is 8.24. The normalized spacial score (nSPS) is 11.3. The van der Waals surface area contributed by atoms with Crippen LogP contribution in [0.25, 0.3) is 5.52 Å². The van der Waals surface area contributed by atoms with Crippen LogP contribution in [0.4, 0.5) is 11.4 Å². The molecule has 2 heterocycles. The van der Waals surface area contributed by atoms with Gasteiger partial charge in [-0.2, -0.15) is 10.4 Å². The average Bonchev–Trinajstić information content (AvgIpc) is 2.92. The Hall–Kier alpha value is -3.33. The van der Waals surface area contributed by atoms with Gasteiger partial charge < -0.3 is 10.4 Å². The van der Waals surface area contributed by atoms with Crippen molar-refractivity contribution >= 4 is 22.9 Å². The molecule has 26 heavy (non-hydrogen) atoms. The van der Waals surface area contributed by atoms with Crippen molar-refractivity contribution in [3.8, 4) is 6.07 Å². The Morgan fingerprint density at radius 3 is 2.46 bits per heavy atom. The van der Waals surface area contributed by atoms with Crippen LogP contribution in [0.3, 0.4) is 0 Å². The fraction of sp³-hybridized carbons (Fsp3) is 0.250. The van der Waals surface area contributed by atoms with Crippen LogP contribution >= 0.6 is 0 Å². The van der Waals surface area contributed by atoms with E-state index in [4.69, 9.17) is 0 Å². The minimum atomic E-state index is -1.02. The SMILES string of the molecule is Cc1c(C(=O)O)cn2ncc(C#N)c(Nc3ccc(C(C)(C)C)cc3)c12. The van der Waals surface area contributed by atoms with Crippen LogP contribution in [0.2, 0.25) is 0 Å². The zero-order valence-corrected chi connectivity index (χ0v) is 15.2. The lowest BCUT2D eigenvalue weighted by molar-refractivity contribution is 0.0696. The number of nitrogens with one attached hydrogen (secondary N) is 1. The predicted octanol–water partition coefficient (Wildman–Crippen LogP) is 4.25. The van der Waals surface area contributed by atoms with Crippen LogP contribution in [-0.4, -0.2) is 20.7 Å². The Balaban J connectivity index is 2.12. The van der Waals surface area contributed by atoms with Crippen molar-refractivity contribution in [2.75, 3.05) is 5.32 Å². The van der Waals surface area contributed by atoms with E-state index in [0.29, 0.717) is 22.3 Å². The van der Waals surface area contributed by atoms with Gasteiger partial charge in [-0.1, -0.05) is 32.9 Å². The van der Waals surface area contributed by atoms with E-state index in [1.165, 1.54) is 22.5 Å². The van der Waals surface area contributed by atoms with Gasteiger partial charge in [0.05, 0.1) is 28.5 Å². The standard InChI is InChI=1S/C20H20N4O2/c1-12-16(19(25)26)11-24-18(12)17(13(9-21)10-22-24)23-15-7-5-14(6-8-15)20(2,3)4/h5-8,10-11,23H,1-4H3,(H,25,26). The second kappa shape index (κ2) is 6.19. The van der Waals surface area contributed by atoms with Crippen molar-refractivity contribution in [1.29, 1.82) is 5.26 Å². The molecule has 0 spiro atoms. The van der Waals surface area contributed by atoms with Crippen molar-refractivity contribution in [3.05, 3.63) is 58.9 Å². The first-order valence-electron chi connectivity index (χ1n) is 8.24. The lowest BCUT2D eigenvalue weighted by Crippen LogP contribution is -2.10. The zero-order valence-electron chi connectivity index (χ0n) is 15.2. The number of aryl methyl sites for hydroxylation is 1. The highest BCUT2D eigenvalue weighted by Crippen LogP contribution is 2.31. The van der Waals surface area contributed by atoms with Gasteiger partial charge in [-0.25, -0.2) is 9.31 Å². The summed E-state index contributed by atoms with van der Waals surface area (Å²) in [5.41, 5.74) is 4.30. The highest BCUT2D eigenvalue weighted by molar-refractivity contribution is 5.96. The van der Waals surface area contributed by atoms with Crippen LogP contribution in [0.15, 0.2) is 36.7 Å². The zero-order chi connectivity index (χ0) is 19.1. The minimum absolute atomic E-state index is 0.0504. The summed E-state index contributed by atoms with van der Waals surface area (Å²) in [6, 6.07) is 10.1. The molecule has 0 aliphatic rings. The van der Waals surface area contributed by atoms with Gasteiger partial charge in [0.15, 0.2) is 0 Å². The molecule has 6 nitrogen and oxygen atoms in total. The maximum atomic E-state index is 11.4. The lowest BCUT2D eigenvalue weighted by atomic mass is 9.87. The number of carbonyl (C=O) groups is 1. The van der Waals surface area contributed by atoms with E-state index in [2.05, 4.69) is 37.3 Å². The average molecular weight is 348 g/mol. The van der Waals surface area contributed by atoms with Gasteiger partial charge in [0, 0.05) is 11.9 Å². The number of hydrogen-bond acceptors (Lipinski definition) is 4. The van der Waals surface area contributed by atoms with E-state index >= 15 is 0 Å². The van der Waals surface area contributed by atoms with E-state index in [0.717, 1.165) is 5.69 Å². The Morgan fingerprint density at radius 1 is 1.27 bits per heavy atom. The molecule has 3 rings (SSSR count). The summed E-state index contributed by atoms with van der Waals surface area (Å²) in [6.07, 6.45) is 2.89. The quantitative estimate of drug-likeness (QED) is 0.738. The minimum Gasteiger partial charge on any atom is -0.478 e. The molecule has 0 unspecified atom stereocenters. The number of rotatable bonds is 3. The molecule has 0 fully saturated rings. The first kappa shape index (κ1) is 17.5. The van der Waals surface area contributed by atoms with E-state index in [9.17, 15) is 15.2 Å². The Labute approximate surface area is 151 Å². The summed E-state index contributed by atoms with van der Waals surface area (Å²) < 4.78 is 1.49. The van der Waals surface area contributed by atoms with Gasteiger partial charge in [0.25, 0.3) is 0 Å². The molecule has 0 radical (unpaired) electrons. The lowest BCUT2D eigenvalue weighted by Gasteiger charge is -2.19. The van der Waals surface area contributed by atoms with Crippen molar-refractivity contribution in [3.63, 3.8) is 0 Å². The van der Waals surface area contributed by atoms with E-state index in [1.54, 1.807) is 6.92 Å². The monoisotopic (exact) mass is 348 g/mol. The Kier molecular flexibility index (Phi) is 4.17. The van der Waals surface area contributed by atoms with Crippen molar-refractivity contribution < 1.29 is 9.90 Å². The largest absolute Gasteiger partial charge is 0.478 e. The summed E-state index contributed by atoms with van der Waals surface area (Å²) in [5, 5.41) is 26.2. The summed E-state index contributed by atoms with van der Waals surface area (Å²) in [4.78, 5) is 11.4. The molecular formula is C20H20N4O2. The van der Waals surface area contributed by atoms with Crippen LogP contribution in [0.1, 0.15) is 47.8 Å². The summed E-state index contributed by atoms with van der Waals surface area (Å²) in [5.74, 6) is -1.02. The molecule has 132 valence electrons. The molecule has 2 N–H and O–H groups in total. The molecular weight excluding hydrogens is 328 g/mol. The molecule has 0 amide bonds. The number of benzene rings is 1. The third kappa shape index (κ3) is 3.00. The third-order valence-electron chi connectivity index (χ3n) is 4.43. The van der Waals surface area contributed by atoms with Crippen molar-refractivity contribution in [2.24, 2.45) is 0 Å². The molecule has 0 aliphatic carbocycles. The number of aromatic carboxylic acids is 1. The fourth-order valence-corrected chi connectivity index (χ4v) is 2.91. The highest BCUT2D eigenvalue weighted by Gasteiger charge is 2.19. The summed E-state index contributed by atoms with van der Waals surface area (Å²) >= 11 is 0. The van der Waals surface area contributed by atoms with Gasteiger partial charge >= 0.3 is 5.97 Å². The number of carboxylic acid groups (broad SMARTS) is 1. The third-order valence-corrected chi connectivity index (χ3v) is 4.43. The molecule has 0 atom stereocenters. The van der Waals surface area contributed by atoms with E-state index in [-0.39, 0.29) is 11.0 Å². The predicted molar refractivity (Wildman–Crippen MR) is 100 cm³/mol. The molecule has 6 heteroatoms. The van der Waals surface area contributed by atoms with Gasteiger partial charge in [-0.3, -0.25) is 0 Å². The van der Waals surface area contributed by atoms with Crippen LogP contribution < -0.4 is 5.32 Å². The van der Waals surface area contributed by atoms with Gasteiger partial charge in [-0.05, 0) is 35.6 Å². The van der Waals surface area contributed by atoms with Gasteiger partial charge in [-0.15, -0.1) is 0 Å². The number of aromatic nitrogens is 2. The Bertz CT molecular complexity index is 1030. The topological polar surface area (TPSA) is 90.4 Å². The molecule has 0 saturated carbocycles. The number of nitriles is 1. The van der Waals surface area contributed by atoms with E-state index < -0.39 is 5.97 Å². The summed E-state index contributed by atoms with van der Waals surface area (Å²) in [7, 11) is 0. The van der Waals surface area contributed by atoms with Crippen LogP contribution in [0.5, 0.6) is 0 Å². The number of fused-ring (bicyclic) bond motifs is 1. The number of nitrogens with zero attached hydrogens (tertiary/aromatic N) is 3. The smallest absolute Gasteiger partial charge is 0.337 e. The van der Waals surface area contributed by atoms with E-state index in [1.807, 2.05) is 24.3 Å². The van der Waals surface area contributed by atoms with Gasteiger partial charge in [0.1, 0.15) is 6.07 Å². The number of carboxylic acids is 1. The fourth-order valence-electron chi connectivity index (χ4n) is 2.91.